The summed E-state index contributed by atoms with van der Waals surface area (Å²) in [6.45, 7) is 8.69. The molecule has 120 valence electrons. The number of carbonyl (C=O) groups excluding carboxylic acids is 1. The minimum atomic E-state index is 0.0216. The van der Waals surface area contributed by atoms with Gasteiger partial charge in [-0.05, 0) is 50.6 Å². The Morgan fingerprint density at radius 3 is 2.59 bits per heavy atom. The van der Waals surface area contributed by atoms with Gasteiger partial charge in [0.05, 0.1) is 12.2 Å². The molecular weight excluding hydrogens is 276 g/mol. The first-order valence-electron chi connectivity index (χ1n) is 8.03. The van der Waals surface area contributed by atoms with Gasteiger partial charge in [-0.2, -0.15) is 0 Å². The van der Waals surface area contributed by atoms with Crippen LogP contribution in [0.1, 0.15) is 32.6 Å². The molecule has 0 radical (unpaired) electrons. The van der Waals surface area contributed by atoms with E-state index in [-0.39, 0.29) is 5.91 Å². The van der Waals surface area contributed by atoms with Crippen LogP contribution in [0.4, 0.5) is 5.69 Å². The molecule has 0 atom stereocenters. The van der Waals surface area contributed by atoms with E-state index in [1.165, 1.54) is 25.7 Å². The molecule has 0 saturated carbocycles. The summed E-state index contributed by atoms with van der Waals surface area (Å²) < 4.78 is 5.68. The number of benzene rings is 1. The highest BCUT2D eigenvalue weighted by atomic mass is 16.5. The fourth-order valence-corrected chi connectivity index (χ4v) is 2.58. The lowest BCUT2D eigenvalue weighted by Gasteiger charge is -2.19. The third-order valence-electron chi connectivity index (χ3n) is 3.70. The summed E-state index contributed by atoms with van der Waals surface area (Å²) in [6, 6.07) is 7.53. The molecule has 1 saturated heterocycles. The summed E-state index contributed by atoms with van der Waals surface area (Å²) in [4.78, 5) is 14.5. The Labute approximate surface area is 133 Å². The molecular formula is C18H26N2O2. The van der Waals surface area contributed by atoms with Crippen LogP contribution in [0.3, 0.4) is 0 Å². The van der Waals surface area contributed by atoms with Gasteiger partial charge in [0.25, 0.3) is 0 Å². The molecule has 22 heavy (non-hydrogen) atoms. The summed E-state index contributed by atoms with van der Waals surface area (Å²) >= 11 is 0. The summed E-state index contributed by atoms with van der Waals surface area (Å²) in [7, 11) is 0. The highest BCUT2D eigenvalue weighted by Gasteiger charge is 2.14. The molecule has 1 heterocycles. The van der Waals surface area contributed by atoms with E-state index in [4.69, 9.17) is 4.74 Å². The number of ether oxygens (including phenoxy) is 1. The van der Waals surface area contributed by atoms with Crippen molar-refractivity contribution in [3.63, 3.8) is 0 Å². The minimum absolute atomic E-state index is 0.0216. The van der Waals surface area contributed by atoms with Crippen LogP contribution in [0.25, 0.3) is 0 Å². The average molecular weight is 302 g/mol. The van der Waals surface area contributed by atoms with Gasteiger partial charge in [0.15, 0.2) is 0 Å². The Morgan fingerprint density at radius 2 is 1.91 bits per heavy atom. The van der Waals surface area contributed by atoms with Crippen molar-refractivity contribution in [1.29, 1.82) is 0 Å². The highest BCUT2D eigenvalue weighted by molar-refractivity contribution is 5.93. The number of hydrogen-bond acceptors (Lipinski definition) is 3. The second kappa shape index (κ2) is 8.59. The molecule has 0 aromatic heterocycles. The molecule has 1 fully saturated rings. The van der Waals surface area contributed by atoms with Gasteiger partial charge in [-0.25, -0.2) is 0 Å². The van der Waals surface area contributed by atoms with Crippen LogP contribution in [-0.4, -0.2) is 37.0 Å². The van der Waals surface area contributed by atoms with Gasteiger partial charge in [0.2, 0.25) is 5.91 Å². The van der Waals surface area contributed by atoms with Crippen LogP contribution in [-0.2, 0) is 4.79 Å². The smallest absolute Gasteiger partial charge is 0.238 e. The van der Waals surface area contributed by atoms with E-state index in [0.29, 0.717) is 18.9 Å². The fourth-order valence-electron chi connectivity index (χ4n) is 2.58. The average Bonchev–Trinajstić information content (AvgIpc) is 2.75. The van der Waals surface area contributed by atoms with Gasteiger partial charge in [-0.1, -0.05) is 31.6 Å². The molecule has 0 spiro atoms. The Bertz CT molecular complexity index is 506. The summed E-state index contributed by atoms with van der Waals surface area (Å²) in [5.41, 5.74) is 1.68. The molecule has 1 amide bonds. The molecule has 1 aliphatic rings. The molecule has 1 aromatic carbocycles. The number of amides is 1. The van der Waals surface area contributed by atoms with Crippen molar-refractivity contribution in [1.82, 2.24) is 4.90 Å². The molecule has 1 N–H and O–H groups in total. The van der Waals surface area contributed by atoms with Crippen molar-refractivity contribution < 1.29 is 9.53 Å². The number of para-hydroxylation sites is 2. The second-order valence-electron chi connectivity index (χ2n) is 5.98. The summed E-state index contributed by atoms with van der Waals surface area (Å²) in [5, 5.41) is 2.97. The number of rotatable bonds is 6. The zero-order chi connectivity index (χ0) is 15.8. The maximum atomic E-state index is 12.3. The van der Waals surface area contributed by atoms with Crippen molar-refractivity contribution in [2.45, 2.75) is 32.6 Å². The number of anilines is 1. The van der Waals surface area contributed by atoms with Crippen LogP contribution in [0.15, 0.2) is 36.4 Å². The van der Waals surface area contributed by atoms with Crippen LogP contribution >= 0.6 is 0 Å². The lowest BCUT2D eigenvalue weighted by molar-refractivity contribution is -0.117. The number of carbonyl (C=O) groups is 1. The van der Waals surface area contributed by atoms with Crippen molar-refractivity contribution >= 4 is 11.6 Å². The molecule has 1 aromatic rings. The van der Waals surface area contributed by atoms with E-state index in [0.717, 1.165) is 24.4 Å². The van der Waals surface area contributed by atoms with Crippen molar-refractivity contribution in [2.75, 3.05) is 31.6 Å². The van der Waals surface area contributed by atoms with E-state index < -0.39 is 0 Å². The molecule has 1 aliphatic heterocycles. The van der Waals surface area contributed by atoms with Gasteiger partial charge in [0, 0.05) is 0 Å². The van der Waals surface area contributed by atoms with Crippen LogP contribution in [0, 0.1) is 0 Å². The summed E-state index contributed by atoms with van der Waals surface area (Å²) in [5.74, 6) is 0.711. The van der Waals surface area contributed by atoms with Gasteiger partial charge >= 0.3 is 0 Å². The lowest BCUT2D eigenvalue weighted by Crippen LogP contribution is -2.34. The van der Waals surface area contributed by atoms with E-state index in [1.54, 1.807) is 0 Å². The molecule has 4 nitrogen and oxygen atoms in total. The fraction of sp³-hybridized carbons (Fsp3) is 0.500. The Kier molecular flexibility index (Phi) is 6.46. The first kappa shape index (κ1) is 16.6. The number of nitrogens with one attached hydrogen (secondary N) is 1. The summed E-state index contributed by atoms with van der Waals surface area (Å²) in [6.07, 6.45) is 4.92. The SMILES string of the molecule is C=C(C)COc1ccccc1NC(=O)CN1CCCCCC1. The van der Waals surface area contributed by atoms with Crippen molar-refractivity contribution in [2.24, 2.45) is 0 Å². The largest absolute Gasteiger partial charge is 0.487 e. The maximum Gasteiger partial charge on any atom is 0.238 e. The predicted molar refractivity (Wildman–Crippen MR) is 90.3 cm³/mol. The Morgan fingerprint density at radius 1 is 1.23 bits per heavy atom. The first-order chi connectivity index (χ1) is 10.6. The Hall–Kier alpha value is -1.81. The molecule has 0 unspecified atom stereocenters. The van der Waals surface area contributed by atoms with Gasteiger partial charge in [-0.15, -0.1) is 0 Å². The number of nitrogens with zero attached hydrogens (tertiary/aromatic N) is 1. The van der Waals surface area contributed by atoms with Crippen LogP contribution in [0.5, 0.6) is 5.75 Å². The molecule has 0 bridgehead atoms. The maximum absolute atomic E-state index is 12.3. The zero-order valence-electron chi connectivity index (χ0n) is 13.4. The van der Waals surface area contributed by atoms with E-state index in [1.807, 2.05) is 31.2 Å². The van der Waals surface area contributed by atoms with Gasteiger partial charge < -0.3 is 10.1 Å². The second-order valence-corrected chi connectivity index (χ2v) is 5.98. The zero-order valence-corrected chi connectivity index (χ0v) is 13.4. The normalized spacial score (nSPS) is 15.9. The highest BCUT2D eigenvalue weighted by Crippen LogP contribution is 2.24. The van der Waals surface area contributed by atoms with Crippen molar-refractivity contribution in [3.8, 4) is 5.75 Å². The van der Waals surface area contributed by atoms with E-state index in [9.17, 15) is 4.79 Å². The predicted octanol–water partition coefficient (Wildman–Crippen LogP) is 3.46. The van der Waals surface area contributed by atoms with Crippen LogP contribution < -0.4 is 10.1 Å². The van der Waals surface area contributed by atoms with Crippen molar-refractivity contribution in [3.05, 3.63) is 36.4 Å². The van der Waals surface area contributed by atoms with Gasteiger partial charge in [-0.3, -0.25) is 9.69 Å². The van der Waals surface area contributed by atoms with Gasteiger partial charge in [0.1, 0.15) is 12.4 Å². The lowest BCUT2D eigenvalue weighted by atomic mass is 10.2. The monoisotopic (exact) mass is 302 g/mol. The molecule has 4 heteroatoms. The van der Waals surface area contributed by atoms with Crippen LogP contribution in [0.2, 0.25) is 0 Å². The standard InChI is InChI=1S/C18H26N2O2/c1-15(2)14-22-17-10-6-5-9-16(17)19-18(21)13-20-11-7-3-4-8-12-20/h5-6,9-10H,1,3-4,7-8,11-14H2,2H3,(H,19,21). The minimum Gasteiger partial charge on any atom is -0.487 e. The third kappa shape index (κ3) is 5.53. The topological polar surface area (TPSA) is 41.6 Å². The third-order valence-corrected chi connectivity index (χ3v) is 3.70. The quantitative estimate of drug-likeness (QED) is 0.818. The first-order valence-corrected chi connectivity index (χ1v) is 8.03. The van der Waals surface area contributed by atoms with E-state index >= 15 is 0 Å². The van der Waals surface area contributed by atoms with E-state index in [2.05, 4.69) is 16.8 Å². The number of hydrogen-bond donors (Lipinski definition) is 1. The molecule has 0 aliphatic carbocycles. The number of likely N-dealkylation sites (tertiary alicyclic amines) is 1. The molecule has 2 rings (SSSR count). The Balaban J connectivity index is 1.91.